The minimum Gasteiger partial charge on any atom is -0.451 e. The van der Waals surface area contributed by atoms with Crippen LogP contribution < -0.4 is 5.43 Å². The normalized spacial score (nSPS) is 17.8. The molecule has 1 aliphatic heterocycles. The first-order valence-electron chi connectivity index (χ1n) is 9.98. The molecule has 0 aliphatic carbocycles. The Hall–Kier alpha value is -2.93. The molecule has 7 heteroatoms. The summed E-state index contributed by atoms with van der Waals surface area (Å²) in [5.74, 6) is -0.572. The molecule has 30 heavy (non-hydrogen) atoms. The average Bonchev–Trinajstić information content (AvgIpc) is 3.11. The van der Waals surface area contributed by atoms with Gasteiger partial charge in [-0.1, -0.05) is 43.3 Å². The third kappa shape index (κ3) is 4.16. The topological polar surface area (TPSA) is 84.7 Å². The fourth-order valence-electron chi connectivity index (χ4n) is 3.84. The largest absolute Gasteiger partial charge is 0.451 e. The van der Waals surface area contributed by atoms with Crippen LogP contribution in [0, 0.1) is 0 Å². The predicted molar refractivity (Wildman–Crippen MR) is 115 cm³/mol. The smallest absolute Gasteiger partial charge is 0.290 e. The van der Waals surface area contributed by atoms with Crippen molar-refractivity contribution in [3.63, 3.8) is 0 Å². The van der Waals surface area contributed by atoms with Crippen LogP contribution in [0.5, 0.6) is 0 Å². The van der Waals surface area contributed by atoms with Gasteiger partial charge in [0.25, 0.3) is 5.91 Å². The number of carbonyl (C=O) groups excluding carboxylic acids is 1. The monoisotopic (exact) mass is 425 g/mol. The minimum atomic E-state index is -3.19. The first-order valence-corrected chi connectivity index (χ1v) is 11.8. The lowest BCUT2D eigenvalue weighted by Crippen LogP contribution is -2.40. The number of sulfone groups is 1. The predicted octanol–water partition coefficient (Wildman–Crippen LogP) is 3.18. The Morgan fingerprint density at radius 1 is 1.10 bits per heavy atom. The van der Waals surface area contributed by atoms with E-state index in [1.807, 2.05) is 43.3 Å². The van der Waals surface area contributed by atoms with Gasteiger partial charge in [0.15, 0.2) is 21.0 Å². The molecule has 0 spiro atoms. The summed E-state index contributed by atoms with van der Waals surface area (Å²) in [5, 5.41) is 0.434. The second-order valence-electron chi connectivity index (χ2n) is 7.63. The van der Waals surface area contributed by atoms with E-state index in [4.69, 9.17) is 4.42 Å². The van der Waals surface area contributed by atoms with Crippen LogP contribution in [0.15, 0.2) is 63.8 Å². The molecule has 2 heterocycles. The van der Waals surface area contributed by atoms with E-state index in [1.165, 1.54) is 11.0 Å². The summed E-state index contributed by atoms with van der Waals surface area (Å²) < 4.78 is 29.9. The first-order chi connectivity index (χ1) is 14.4. The molecule has 6 nitrogen and oxygen atoms in total. The molecule has 0 N–H and O–H groups in total. The average molecular weight is 426 g/mol. The number of nitrogens with zero attached hydrogens (tertiary/aromatic N) is 1. The lowest BCUT2D eigenvalue weighted by molar-refractivity contribution is 0.0648. The Bertz CT molecular complexity index is 1250. The van der Waals surface area contributed by atoms with E-state index < -0.39 is 21.8 Å². The van der Waals surface area contributed by atoms with Crippen LogP contribution in [0.4, 0.5) is 0 Å². The highest BCUT2D eigenvalue weighted by atomic mass is 32.2. The van der Waals surface area contributed by atoms with E-state index in [1.54, 1.807) is 12.1 Å². The third-order valence-corrected chi connectivity index (χ3v) is 7.27. The summed E-state index contributed by atoms with van der Waals surface area (Å²) >= 11 is 0. The van der Waals surface area contributed by atoms with Gasteiger partial charge in [-0.2, -0.15) is 0 Å². The number of amides is 1. The van der Waals surface area contributed by atoms with Crippen LogP contribution in [-0.4, -0.2) is 36.8 Å². The number of hydrogen-bond donors (Lipinski definition) is 0. The molecule has 1 amide bonds. The van der Waals surface area contributed by atoms with Gasteiger partial charge < -0.3 is 9.32 Å². The Labute approximate surface area is 175 Å². The van der Waals surface area contributed by atoms with Gasteiger partial charge in [0.2, 0.25) is 0 Å². The number of rotatable bonds is 5. The zero-order valence-electron chi connectivity index (χ0n) is 16.7. The SMILES string of the molecule is CCc1ccc2oc(C(=O)N(Cc3ccccc3)[C@@H]3CCS(=O)(=O)C3)cc(=O)c2c1. The van der Waals surface area contributed by atoms with E-state index in [0.29, 0.717) is 17.4 Å². The van der Waals surface area contributed by atoms with Gasteiger partial charge >= 0.3 is 0 Å². The summed E-state index contributed by atoms with van der Waals surface area (Å²) in [6, 6.07) is 15.5. The Morgan fingerprint density at radius 2 is 1.87 bits per heavy atom. The fraction of sp³-hybridized carbons (Fsp3) is 0.304. The van der Waals surface area contributed by atoms with Crippen molar-refractivity contribution in [1.82, 2.24) is 4.90 Å². The van der Waals surface area contributed by atoms with Crippen molar-refractivity contribution in [1.29, 1.82) is 0 Å². The molecule has 1 aliphatic rings. The molecular weight excluding hydrogens is 402 g/mol. The molecule has 1 saturated heterocycles. The standard InChI is InChI=1S/C23H23NO5S/c1-2-16-8-9-21-19(12-16)20(25)13-22(29-21)23(26)24(14-17-6-4-3-5-7-17)18-10-11-30(27,28)15-18/h3-9,12-13,18H,2,10-11,14-15H2,1H3/t18-/m1/s1. The molecule has 0 radical (unpaired) electrons. The van der Waals surface area contributed by atoms with E-state index in [-0.39, 0.29) is 29.2 Å². The second kappa shape index (κ2) is 8.07. The van der Waals surface area contributed by atoms with Gasteiger partial charge in [-0.25, -0.2) is 8.42 Å². The van der Waals surface area contributed by atoms with Crippen LogP contribution in [0.2, 0.25) is 0 Å². The van der Waals surface area contributed by atoms with Crippen LogP contribution in [0.3, 0.4) is 0 Å². The highest BCUT2D eigenvalue weighted by Crippen LogP contribution is 2.23. The fourth-order valence-corrected chi connectivity index (χ4v) is 5.57. The molecule has 3 aromatic rings. The summed E-state index contributed by atoms with van der Waals surface area (Å²) in [6.07, 6.45) is 1.16. The number of fused-ring (bicyclic) bond motifs is 1. The molecule has 4 rings (SSSR count). The van der Waals surface area contributed by atoms with Crippen molar-refractivity contribution in [2.24, 2.45) is 0 Å². The van der Waals surface area contributed by atoms with Gasteiger partial charge in [-0.15, -0.1) is 0 Å². The van der Waals surface area contributed by atoms with Crippen molar-refractivity contribution in [3.8, 4) is 0 Å². The summed E-state index contributed by atoms with van der Waals surface area (Å²) in [4.78, 5) is 27.5. The maximum Gasteiger partial charge on any atom is 0.290 e. The Morgan fingerprint density at radius 3 is 2.53 bits per heavy atom. The zero-order valence-corrected chi connectivity index (χ0v) is 17.5. The first kappa shape index (κ1) is 20.3. The van der Waals surface area contributed by atoms with Crippen LogP contribution in [-0.2, 0) is 22.8 Å². The van der Waals surface area contributed by atoms with Gasteiger partial charge in [0, 0.05) is 18.7 Å². The lowest BCUT2D eigenvalue weighted by atomic mass is 10.1. The highest BCUT2D eigenvalue weighted by Gasteiger charge is 2.36. The molecule has 0 saturated carbocycles. The molecule has 0 unspecified atom stereocenters. The van der Waals surface area contributed by atoms with Crippen molar-refractivity contribution in [2.45, 2.75) is 32.4 Å². The van der Waals surface area contributed by atoms with Crippen LogP contribution >= 0.6 is 0 Å². The molecule has 1 aromatic heterocycles. The maximum absolute atomic E-state index is 13.4. The number of carbonyl (C=O) groups is 1. The highest BCUT2D eigenvalue weighted by molar-refractivity contribution is 7.91. The van der Waals surface area contributed by atoms with Crippen LogP contribution in [0.25, 0.3) is 11.0 Å². The molecule has 156 valence electrons. The van der Waals surface area contributed by atoms with Gasteiger partial charge in [-0.3, -0.25) is 9.59 Å². The summed E-state index contributed by atoms with van der Waals surface area (Å²) in [5.41, 5.74) is 1.96. The second-order valence-corrected chi connectivity index (χ2v) is 9.86. The van der Waals surface area contributed by atoms with Gasteiger partial charge in [-0.05, 0) is 36.1 Å². The number of benzene rings is 2. The lowest BCUT2D eigenvalue weighted by Gasteiger charge is -2.28. The van der Waals surface area contributed by atoms with Crippen molar-refractivity contribution in [2.75, 3.05) is 11.5 Å². The van der Waals surface area contributed by atoms with Crippen molar-refractivity contribution in [3.05, 3.63) is 81.7 Å². The number of hydrogen-bond acceptors (Lipinski definition) is 5. The van der Waals surface area contributed by atoms with E-state index in [9.17, 15) is 18.0 Å². The van der Waals surface area contributed by atoms with E-state index in [2.05, 4.69) is 0 Å². The maximum atomic E-state index is 13.4. The quantitative estimate of drug-likeness (QED) is 0.627. The summed E-state index contributed by atoms with van der Waals surface area (Å²) in [6.45, 7) is 2.24. The third-order valence-electron chi connectivity index (χ3n) is 5.52. The molecular formula is C23H23NO5S. The van der Waals surface area contributed by atoms with E-state index >= 15 is 0 Å². The van der Waals surface area contributed by atoms with Crippen molar-refractivity contribution < 1.29 is 17.6 Å². The minimum absolute atomic E-state index is 0.0533. The van der Waals surface area contributed by atoms with Crippen LogP contribution in [0.1, 0.15) is 35.0 Å². The molecule has 2 aromatic carbocycles. The van der Waals surface area contributed by atoms with E-state index in [0.717, 1.165) is 17.5 Å². The zero-order chi connectivity index (χ0) is 21.3. The summed E-state index contributed by atoms with van der Waals surface area (Å²) in [7, 11) is -3.19. The molecule has 1 atom stereocenters. The van der Waals surface area contributed by atoms with Crippen molar-refractivity contribution >= 4 is 26.7 Å². The Balaban J connectivity index is 1.73. The Kier molecular flexibility index (Phi) is 5.47. The molecule has 1 fully saturated rings. The number of aryl methyl sites for hydroxylation is 1. The van der Waals surface area contributed by atoms with Gasteiger partial charge in [0.05, 0.1) is 16.9 Å². The van der Waals surface area contributed by atoms with Gasteiger partial charge in [0.1, 0.15) is 5.58 Å². The molecule has 0 bridgehead atoms.